The van der Waals surface area contributed by atoms with Crippen LogP contribution in [0.15, 0.2) is 109 Å². The molecule has 6 aromatic rings. The molecule has 5 N–H and O–H groups in total. The lowest BCUT2D eigenvalue weighted by molar-refractivity contribution is -0.136. The van der Waals surface area contributed by atoms with Gasteiger partial charge in [-0.3, -0.25) is 39.6 Å². The van der Waals surface area contributed by atoms with Gasteiger partial charge >= 0.3 is 0 Å². The number of aliphatic hydroxyl groups is 1. The van der Waals surface area contributed by atoms with Gasteiger partial charge < -0.3 is 34.3 Å². The van der Waals surface area contributed by atoms with Crippen LogP contribution in [0.2, 0.25) is 0 Å². The molecule has 376 valence electrons. The summed E-state index contributed by atoms with van der Waals surface area (Å²) in [4.78, 5) is 68.9. The molecule has 5 amide bonds. The molecule has 1 saturated heterocycles. The molecule has 4 heterocycles. The number of carbonyl (C=O) groups excluding carboxylic acids is 5. The Morgan fingerprint density at radius 2 is 1.52 bits per heavy atom. The molecule has 0 spiro atoms. The monoisotopic (exact) mass is 984 g/mol. The van der Waals surface area contributed by atoms with Crippen molar-refractivity contribution in [2.45, 2.75) is 88.9 Å². The minimum absolute atomic E-state index is 0.0436. The van der Waals surface area contributed by atoms with Crippen molar-refractivity contribution in [1.29, 1.82) is 5.41 Å². The van der Waals surface area contributed by atoms with Crippen molar-refractivity contribution in [3.8, 4) is 34.2 Å². The van der Waals surface area contributed by atoms with E-state index in [1.807, 2.05) is 59.4 Å². The number of nitrogens with one attached hydrogen (secondary N) is 4. The summed E-state index contributed by atoms with van der Waals surface area (Å²) >= 11 is 0. The van der Waals surface area contributed by atoms with Gasteiger partial charge in [0.05, 0.1) is 61.1 Å². The average Bonchev–Trinajstić information content (AvgIpc) is 3.86. The van der Waals surface area contributed by atoms with E-state index in [-0.39, 0.29) is 42.0 Å². The molecule has 4 aromatic carbocycles. The van der Waals surface area contributed by atoms with E-state index in [4.69, 9.17) is 14.5 Å². The van der Waals surface area contributed by atoms with E-state index in [1.165, 1.54) is 0 Å². The van der Waals surface area contributed by atoms with E-state index in [0.717, 1.165) is 68.7 Å². The fourth-order valence-electron chi connectivity index (χ4n) is 10.0. The number of benzene rings is 4. The Bertz CT molecular complexity index is 3110. The van der Waals surface area contributed by atoms with Crippen LogP contribution in [-0.4, -0.2) is 105 Å². The summed E-state index contributed by atoms with van der Waals surface area (Å²) in [6, 6.07) is 32.8. The quantitative estimate of drug-likeness (QED) is 0.0309. The molecule has 1 saturated carbocycles. The molecular formula is C57H60N8O8. The maximum absolute atomic E-state index is 13.3. The van der Waals surface area contributed by atoms with Gasteiger partial charge in [0.2, 0.25) is 17.7 Å². The van der Waals surface area contributed by atoms with Crippen LogP contribution in [0.4, 0.5) is 5.69 Å². The summed E-state index contributed by atoms with van der Waals surface area (Å²) in [5.74, 6) is 4.37. The number of carbonyl (C=O) groups is 5. The van der Waals surface area contributed by atoms with E-state index < -0.39 is 29.7 Å². The number of rotatable bonds is 20. The summed E-state index contributed by atoms with van der Waals surface area (Å²) in [6.45, 7) is 2.55. The molecule has 1 aliphatic carbocycles. The zero-order valence-electron chi connectivity index (χ0n) is 40.7. The lowest BCUT2D eigenvalue weighted by atomic mass is 9.93. The number of piperidine rings is 1. The minimum Gasteiger partial charge on any atom is -0.393 e. The van der Waals surface area contributed by atoms with Crippen molar-refractivity contribution in [2.24, 2.45) is 0 Å². The summed E-state index contributed by atoms with van der Waals surface area (Å²) in [7, 11) is 0. The van der Waals surface area contributed by atoms with E-state index in [1.54, 1.807) is 18.2 Å². The Balaban J connectivity index is 0.710. The van der Waals surface area contributed by atoms with Gasteiger partial charge in [-0.05, 0) is 85.9 Å². The number of anilines is 1. The molecule has 1 unspecified atom stereocenters. The van der Waals surface area contributed by atoms with Gasteiger partial charge in [-0.1, -0.05) is 90.7 Å². The van der Waals surface area contributed by atoms with Gasteiger partial charge in [0.15, 0.2) is 0 Å². The number of aliphatic hydroxyl groups excluding tert-OH is 1. The van der Waals surface area contributed by atoms with E-state index in [2.05, 4.69) is 68.8 Å². The number of imide groups is 2. The summed E-state index contributed by atoms with van der Waals surface area (Å²) < 4.78 is 15.5. The summed E-state index contributed by atoms with van der Waals surface area (Å²) in [5.41, 5.74) is 8.02. The molecule has 73 heavy (non-hydrogen) atoms. The van der Waals surface area contributed by atoms with Crippen molar-refractivity contribution >= 4 is 46.3 Å². The molecule has 2 fully saturated rings. The summed E-state index contributed by atoms with van der Waals surface area (Å²) in [5, 5.41) is 29.0. The molecule has 2 aromatic heterocycles. The number of hydrogen-bond acceptors (Lipinski definition) is 11. The molecule has 9 rings (SSSR count). The largest absolute Gasteiger partial charge is 0.393 e. The van der Waals surface area contributed by atoms with Gasteiger partial charge in [0.25, 0.3) is 11.8 Å². The Labute approximate surface area is 423 Å². The zero-order valence-corrected chi connectivity index (χ0v) is 40.7. The van der Waals surface area contributed by atoms with Crippen LogP contribution in [0.5, 0.6) is 0 Å². The molecule has 16 nitrogen and oxygen atoms in total. The third kappa shape index (κ3) is 11.7. The van der Waals surface area contributed by atoms with Crippen molar-refractivity contribution in [3.63, 3.8) is 0 Å². The topological polar surface area (TPSA) is 210 Å². The highest BCUT2D eigenvalue weighted by Gasteiger charge is 2.45. The third-order valence-corrected chi connectivity index (χ3v) is 13.6. The number of ether oxygens (including phenoxy) is 2. The normalized spacial score (nSPS) is 17.5. The van der Waals surface area contributed by atoms with Gasteiger partial charge in [-0.2, -0.15) is 0 Å². The van der Waals surface area contributed by atoms with Crippen molar-refractivity contribution in [1.82, 2.24) is 29.7 Å². The van der Waals surface area contributed by atoms with Crippen molar-refractivity contribution in [2.75, 3.05) is 44.8 Å². The average molecular weight is 985 g/mol. The molecular weight excluding hydrogens is 925 g/mol. The summed E-state index contributed by atoms with van der Waals surface area (Å²) in [6.07, 6.45) is 7.23. The van der Waals surface area contributed by atoms with Crippen LogP contribution in [0.1, 0.15) is 102 Å². The SMILES string of the molecule is N=c1c2c(-c3ccccc3)c(-c3ccccc3)n(Cc3cccc(C#CCCCCC(=O)NCCOCCOCCNc4cccc5c4C(=O)N(C4CCC(=O)NC4=O)C5=O)c3)c2ncn1C1CCC(O)CC1. The predicted octanol–water partition coefficient (Wildman–Crippen LogP) is 6.75. The van der Waals surface area contributed by atoms with Crippen LogP contribution < -0.4 is 21.4 Å². The number of aromatic nitrogens is 3. The molecule has 3 aliphatic rings. The maximum atomic E-state index is 13.3. The molecule has 0 radical (unpaired) electrons. The Morgan fingerprint density at radius 1 is 0.795 bits per heavy atom. The molecule has 0 bridgehead atoms. The highest BCUT2D eigenvalue weighted by Crippen LogP contribution is 2.40. The Kier molecular flexibility index (Phi) is 16.3. The number of amides is 5. The van der Waals surface area contributed by atoms with Crippen molar-refractivity contribution in [3.05, 3.63) is 137 Å². The Morgan fingerprint density at radius 3 is 2.27 bits per heavy atom. The zero-order chi connectivity index (χ0) is 50.7. The maximum Gasteiger partial charge on any atom is 0.264 e. The second kappa shape index (κ2) is 23.7. The highest BCUT2D eigenvalue weighted by molar-refractivity contribution is 6.25. The van der Waals surface area contributed by atoms with E-state index in [9.17, 15) is 34.5 Å². The predicted molar refractivity (Wildman–Crippen MR) is 275 cm³/mol. The number of hydrogen-bond donors (Lipinski definition) is 5. The van der Waals surface area contributed by atoms with Crippen LogP contribution in [0, 0.1) is 17.3 Å². The third-order valence-electron chi connectivity index (χ3n) is 13.6. The van der Waals surface area contributed by atoms with Crippen LogP contribution in [-0.2, 0) is 30.4 Å². The number of fused-ring (bicyclic) bond motifs is 2. The second-order valence-corrected chi connectivity index (χ2v) is 18.6. The smallest absolute Gasteiger partial charge is 0.264 e. The van der Waals surface area contributed by atoms with Crippen LogP contribution in [0.25, 0.3) is 33.4 Å². The molecule has 16 heteroatoms. The van der Waals surface area contributed by atoms with Gasteiger partial charge in [-0.15, -0.1) is 0 Å². The first-order chi connectivity index (χ1) is 35.7. The molecule has 1 atom stereocenters. The lowest BCUT2D eigenvalue weighted by Gasteiger charge is -2.27. The van der Waals surface area contributed by atoms with Crippen LogP contribution in [0.3, 0.4) is 0 Å². The fourth-order valence-corrected chi connectivity index (χ4v) is 10.0. The first-order valence-corrected chi connectivity index (χ1v) is 25.2. The van der Waals surface area contributed by atoms with Crippen molar-refractivity contribution < 1.29 is 38.6 Å². The minimum atomic E-state index is -1.03. The Hall–Kier alpha value is -7.71. The van der Waals surface area contributed by atoms with Gasteiger partial charge in [0, 0.05) is 61.8 Å². The number of unbranched alkanes of at least 4 members (excludes halogenated alkanes) is 2. The highest BCUT2D eigenvalue weighted by atomic mass is 16.5. The fraction of sp³-hybridized carbons (Fsp3) is 0.351. The second-order valence-electron chi connectivity index (χ2n) is 18.6. The first kappa shape index (κ1) is 50.2. The standard InChI is InChI=1S/C57H60N8O8/c58-53-51-49(40-16-6-3-7-17-40)52(41-18-8-4-9-19-41)63(54(51)61-37-64(53)42-23-25-43(66)26-24-42)36-39-15-11-14-38(35-39)13-5-1-2-10-22-47(67)60-30-32-73-34-33-72-31-29-59-45-21-12-20-44-50(45)57(71)65(56(44)70)46-27-28-48(68)62-55(46)69/h3-4,6-9,11-12,14-21,35,37,42-43,46,58-59,66H,1-2,10,22-34,36H2,(H,60,67)(H,62,68,69). The molecule has 2 aliphatic heterocycles. The number of nitrogens with zero attached hydrogens (tertiary/aromatic N) is 4. The van der Waals surface area contributed by atoms with Gasteiger partial charge in [0.1, 0.15) is 17.2 Å². The van der Waals surface area contributed by atoms with E-state index in [0.29, 0.717) is 89.3 Å². The first-order valence-electron chi connectivity index (χ1n) is 25.2. The van der Waals surface area contributed by atoms with Gasteiger partial charge in [-0.25, -0.2) is 4.98 Å². The lowest BCUT2D eigenvalue weighted by Crippen LogP contribution is -2.54. The van der Waals surface area contributed by atoms with Crippen LogP contribution >= 0.6 is 0 Å². The van der Waals surface area contributed by atoms with E-state index >= 15 is 0 Å².